The molecule has 94 valence electrons. The van der Waals surface area contributed by atoms with Crippen molar-refractivity contribution >= 4 is 5.69 Å². The molecule has 3 rings (SSSR count). The van der Waals surface area contributed by atoms with Gasteiger partial charge in [0.25, 0.3) is 0 Å². The van der Waals surface area contributed by atoms with Gasteiger partial charge in [-0.25, -0.2) is 0 Å². The minimum Gasteiger partial charge on any atom is -0.491 e. The van der Waals surface area contributed by atoms with E-state index in [0.29, 0.717) is 13.0 Å². The third-order valence-corrected chi connectivity index (χ3v) is 3.98. The molecular weight excluding hydrogens is 224 g/mol. The van der Waals surface area contributed by atoms with E-state index in [4.69, 9.17) is 10.00 Å². The van der Waals surface area contributed by atoms with Crippen LogP contribution >= 0.6 is 0 Å². The first-order chi connectivity index (χ1) is 8.83. The lowest BCUT2D eigenvalue weighted by atomic mass is 10.0. The number of anilines is 1. The highest BCUT2D eigenvalue weighted by Crippen LogP contribution is 2.49. The van der Waals surface area contributed by atoms with Crippen molar-refractivity contribution in [2.45, 2.75) is 32.1 Å². The van der Waals surface area contributed by atoms with E-state index < -0.39 is 0 Å². The average molecular weight is 242 g/mol. The fourth-order valence-corrected chi connectivity index (χ4v) is 2.55. The highest BCUT2D eigenvalue weighted by molar-refractivity contribution is 5.63. The smallest absolute Gasteiger partial charge is 0.142 e. The normalized spacial score (nSPS) is 19.3. The van der Waals surface area contributed by atoms with Gasteiger partial charge in [0.05, 0.1) is 18.4 Å². The van der Waals surface area contributed by atoms with E-state index in [1.807, 2.05) is 6.07 Å². The molecule has 0 radical (unpaired) electrons. The Morgan fingerprint density at radius 2 is 2.28 bits per heavy atom. The van der Waals surface area contributed by atoms with E-state index in [1.165, 1.54) is 12.0 Å². The average Bonchev–Trinajstić information content (AvgIpc) is 3.17. The predicted octanol–water partition coefficient (Wildman–Crippen LogP) is 3.12. The second-order valence-corrected chi connectivity index (χ2v) is 5.44. The quantitative estimate of drug-likeness (QED) is 0.882. The fourth-order valence-electron chi connectivity index (χ4n) is 2.55. The van der Waals surface area contributed by atoms with Crippen LogP contribution in [0.15, 0.2) is 18.2 Å². The first-order valence-electron chi connectivity index (χ1n) is 6.69. The van der Waals surface area contributed by atoms with E-state index in [2.05, 4.69) is 23.5 Å². The van der Waals surface area contributed by atoms with Gasteiger partial charge in [-0.3, -0.25) is 0 Å². The third kappa shape index (κ3) is 2.15. The zero-order chi connectivity index (χ0) is 12.4. The van der Waals surface area contributed by atoms with Crippen LogP contribution in [-0.4, -0.2) is 13.2 Å². The van der Waals surface area contributed by atoms with Gasteiger partial charge >= 0.3 is 0 Å². The number of hydrogen-bond acceptors (Lipinski definition) is 3. The molecule has 0 aromatic heterocycles. The molecule has 1 aromatic rings. The summed E-state index contributed by atoms with van der Waals surface area (Å²) in [6, 6.07) is 8.52. The zero-order valence-corrected chi connectivity index (χ0v) is 10.5. The van der Waals surface area contributed by atoms with Crippen LogP contribution in [0, 0.1) is 16.7 Å². The van der Waals surface area contributed by atoms with Gasteiger partial charge in [0.15, 0.2) is 0 Å². The van der Waals surface area contributed by atoms with Crippen LogP contribution in [0.25, 0.3) is 0 Å². The Bertz CT molecular complexity index is 486. The van der Waals surface area contributed by atoms with Crippen LogP contribution in [0.2, 0.25) is 0 Å². The predicted molar refractivity (Wildman–Crippen MR) is 70.6 cm³/mol. The summed E-state index contributed by atoms with van der Waals surface area (Å²) in [6.07, 6.45) is 5.19. The van der Waals surface area contributed by atoms with Gasteiger partial charge in [-0.2, -0.15) is 5.26 Å². The lowest BCUT2D eigenvalue weighted by Gasteiger charge is -2.22. The summed E-state index contributed by atoms with van der Waals surface area (Å²) in [5.74, 6) is 0.955. The lowest BCUT2D eigenvalue weighted by molar-refractivity contribution is 0.237. The number of nitriles is 1. The number of aryl methyl sites for hydroxylation is 1. The lowest BCUT2D eigenvalue weighted by Crippen LogP contribution is -2.16. The van der Waals surface area contributed by atoms with Crippen molar-refractivity contribution in [2.75, 3.05) is 18.5 Å². The number of nitrogens with one attached hydrogen (secondary N) is 1. The van der Waals surface area contributed by atoms with Gasteiger partial charge in [0.2, 0.25) is 0 Å². The highest BCUT2D eigenvalue weighted by atomic mass is 16.5. The van der Waals surface area contributed by atoms with Gasteiger partial charge < -0.3 is 10.1 Å². The fraction of sp³-hybridized carbons (Fsp3) is 0.533. The molecule has 1 fully saturated rings. The molecule has 1 N–H and O–H groups in total. The molecule has 1 saturated carbocycles. The van der Waals surface area contributed by atoms with Crippen LogP contribution in [-0.2, 0) is 6.42 Å². The Kier molecular flexibility index (Phi) is 2.87. The minimum atomic E-state index is 0.145. The molecule has 3 heteroatoms. The number of fused-ring (bicyclic) bond motifs is 1. The van der Waals surface area contributed by atoms with E-state index in [9.17, 15) is 0 Å². The molecule has 1 aliphatic carbocycles. The van der Waals surface area contributed by atoms with Crippen LogP contribution in [0.3, 0.4) is 0 Å². The number of benzene rings is 1. The Morgan fingerprint density at radius 3 is 3.06 bits per heavy atom. The van der Waals surface area contributed by atoms with Crippen molar-refractivity contribution in [3.8, 4) is 11.8 Å². The molecule has 0 unspecified atom stereocenters. The Labute approximate surface area is 108 Å². The number of para-hydroxylation sites is 1. The molecule has 18 heavy (non-hydrogen) atoms. The standard InChI is InChI=1S/C15H18N2O/c16-9-8-15(6-7-15)11-18-13-5-1-3-12-4-2-10-17-14(12)13/h1,3,5,17H,2,4,6-8,10-11H2. The summed E-state index contributed by atoms with van der Waals surface area (Å²) in [6.45, 7) is 1.70. The summed E-state index contributed by atoms with van der Waals surface area (Å²) in [5, 5.41) is 12.2. The topological polar surface area (TPSA) is 45.0 Å². The van der Waals surface area contributed by atoms with Crippen LogP contribution in [0.1, 0.15) is 31.2 Å². The van der Waals surface area contributed by atoms with Crippen molar-refractivity contribution in [1.29, 1.82) is 5.26 Å². The van der Waals surface area contributed by atoms with Crippen LogP contribution < -0.4 is 10.1 Å². The summed E-state index contributed by atoms with van der Waals surface area (Å²) in [4.78, 5) is 0. The molecule has 0 amide bonds. The van der Waals surface area contributed by atoms with E-state index in [1.54, 1.807) is 0 Å². The molecule has 0 atom stereocenters. The number of ether oxygens (including phenoxy) is 1. The van der Waals surface area contributed by atoms with Crippen molar-refractivity contribution in [2.24, 2.45) is 5.41 Å². The van der Waals surface area contributed by atoms with Crippen molar-refractivity contribution < 1.29 is 4.74 Å². The summed E-state index contributed by atoms with van der Waals surface area (Å²) in [7, 11) is 0. The highest BCUT2D eigenvalue weighted by Gasteiger charge is 2.43. The second kappa shape index (κ2) is 4.53. The van der Waals surface area contributed by atoms with Crippen LogP contribution in [0.4, 0.5) is 5.69 Å². The first kappa shape index (κ1) is 11.4. The third-order valence-electron chi connectivity index (χ3n) is 3.98. The first-order valence-corrected chi connectivity index (χ1v) is 6.69. The molecule has 0 saturated heterocycles. The van der Waals surface area contributed by atoms with Crippen LogP contribution in [0.5, 0.6) is 5.75 Å². The Morgan fingerprint density at radius 1 is 1.39 bits per heavy atom. The molecule has 2 aliphatic rings. The SMILES string of the molecule is N#CCC1(COc2cccc3c2NCCC3)CC1. The Balaban J connectivity index is 1.72. The van der Waals surface area contributed by atoms with E-state index in [-0.39, 0.29) is 5.41 Å². The van der Waals surface area contributed by atoms with E-state index >= 15 is 0 Å². The molecule has 3 nitrogen and oxygen atoms in total. The molecule has 1 aromatic carbocycles. The maximum atomic E-state index is 8.81. The molecule has 1 heterocycles. The number of hydrogen-bond donors (Lipinski definition) is 1. The molecular formula is C15H18N2O. The largest absolute Gasteiger partial charge is 0.491 e. The summed E-state index contributed by atoms with van der Waals surface area (Å²) >= 11 is 0. The van der Waals surface area contributed by atoms with Crippen molar-refractivity contribution in [1.82, 2.24) is 0 Å². The van der Waals surface area contributed by atoms with E-state index in [0.717, 1.165) is 37.2 Å². The molecule has 0 spiro atoms. The Hall–Kier alpha value is -1.69. The maximum absolute atomic E-state index is 8.81. The van der Waals surface area contributed by atoms with Gasteiger partial charge in [0.1, 0.15) is 5.75 Å². The second-order valence-electron chi connectivity index (χ2n) is 5.44. The minimum absolute atomic E-state index is 0.145. The van der Waals surface area contributed by atoms with Crippen molar-refractivity contribution in [3.63, 3.8) is 0 Å². The van der Waals surface area contributed by atoms with Crippen molar-refractivity contribution in [3.05, 3.63) is 23.8 Å². The zero-order valence-electron chi connectivity index (χ0n) is 10.5. The van der Waals surface area contributed by atoms with Gasteiger partial charge in [-0.1, -0.05) is 12.1 Å². The maximum Gasteiger partial charge on any atom is 0.142 e. The molecule has 0 bridgehead atoms. The summed E-state index contributed by atoms with van der Waals surface area (Å²) in [5.41, 5.74) is 2.66. The molecule has 1 aliphatic heterocycles. The number of nitrogens with zero attached hydrogens (tertiary/aromatic N) is 1. The monoisotopic (exact) mass is 242 g/mol. The van der Waals surface area contributed by atoms with Gasteiger partial charge in [-0.15, -0.1) is 0 Å². The number of rotatable bonds is 4. The van der Waals surface area contributed by atoms with Gasteiger partial charge in [-0.05, 0) is 37.3 Å². The van der Waals surface area contributed by atoms with Gasteiger partial charge in [0, 0.05) is 18.4 Å². The summed E-state index contributed by atoms with van der Waals surface area (Å²) < 4.78 is 5.97.